The Balaban J connectivity index is 2.08. The number of phenolic OH excluding ortho intramolecular Hbond substituents is 1. The van der Waals surface area contributed by atoms with Crippen molar-refractivity contribution in [3.8, 4) is 5.75 Å². The van der Waals surface area contributed by atoms with E-state index in [2.05, 4.69) is 33.9 Å². The van der Waals surface area contributed by atoms with Crippen LogP contribution in [0.3, 0.4) is 0 Å². The third kappa shape index (κ3) is 2.61. The molecule has 0 radical (unpaired) electrons. The fourth-order valence-electron chi connectivity index (χ4n) is 1.97. The molecule has 96 valence electrons. The van der Waals surface area contributed by atoms with Gasteiger partial charge in [0.15, 0.2) is 5.82 Å². The predicted octanol–water partition coefficient (Wildman–Crippen LogP) is 2.49. The van der Waals surface area contributed by atoms with Gasteiger partial charge in [0.05, 0.1) is 6.54 Å². The van der Waals surface area contributed by atoms with Crippen LogP contribution in [0.5, 0.6) is 5.75 Å². The Morgan fingerprint density at radius 2 is 1.89 bits per heavy atom. The molecule has 2 N–H and O–H groups in total. The Bertz CT molecular complexity index is 516. The zero-order valence-electron chi connectivity index (χ0n) is 10.9. The van der Waals surface area contributed by atoms with Crippen molar-refractivity contribution in [1.29, 1.82) is 0 Å². The fraction of sp³-hybridized carbons (Fsp3) is 0.385. The maximum absolute atomic E-state index is 9.21. The quantitative estimate of drug-likeness (QED) is 0.813. The van der Waals surface area contributed by atoms with Gasteiger partial charge in [0, 0.05) is 11.7 Å². The minimum atomic E-state index is 0.266. The number of aromatic nitrogens is 3. The fourth-order valence-corrected chi connectivity index (χ4v) is 1.97. The Morgan fingerprint density at radius 1 is 1.22 bits per heavy atom. The average Bonchev–Trinajstić information content (AvgIpc) is 2.70. The molecule has 2 rings (SSSR count). The number of hydrogen-bond donors (Lipinski definition) is 2. The second kappa shape index (κ2) is 5.08. The second-order valence-corrected chi connectivity index (χ2v) is 4.53. The van der Waals surface area contributed by atoms with Gasteiger partial charge in [0.1, 0.15) is 11.6 Å². The topological polar surface area (TPSA) is 63.0 Å². The van der Waals surface area contributed by atoms with Gasteiger partial charge in [0.25, 0.3) is 0 Å². The van der Waals surface area contributed by atoms with Crippen LogP contribution < -0.4 is 5.32 Å². The number of aromatic hydroxyl groups is 1. The highest BCUT2D eigenvalue weighted by Gasteiger charge is 2.10. The van der Waals surface area contributed by atoms with E-state index >= 15 is 0 Å². The van der Waals surface area contributed by atoms with Gasteiger partial charge in [-0.25, -0.2) is 0 Å². The standard InChI is InChI=1S/C13H18N4O/c1-9(2)17-10(3)15-16-13(17)8-14-11-4-6-12(18)7-5-11/h4-7,9,14,18H,8H2,1-3H3. The molecule has 0 bridgehead atoms. The molecule has 2 aromatic rings. The van der Waals surface area contributed by atoms with E-state index in [9.17, 15) is 5.11 Å². The summed E-state index contributed by atoms with van der Waals surface area (Å²) in [6.07, 6.45) is 0. The average molecular weight is 246 g/mol. The summed E-state index contributed by atoms with van der Waals surface area (Å²) in [5.74, 6) is 2.10. The van der Waals surface area contributed by atoms with Crippen LogP contribution in [0.2, 0.25) is 0 Å². The summed E-state index contributed by atoms with van der Waals surface area (Å²) in [7, 11) is 0. The summed E-state index contributed by atoms with van der Waals surface area (Å²) < 4.78 is 2.10. The van der Waals surface area contributed by atoms with Crippen molar-refractivity contribution in [2.45, 2.75) is 33.4 Å². The number of nitrogens with one attached hydrogen (secondary N) is 1. The molecule has 0 aliphatic carbocycles. The van der Waals surface area contributed by atoms with E-state index in [0.717, 1.165) is 17.3 Å². The van der Waals surface area contributed by atoms with Gasteiger partial charge in [-0.15, -0.1) is 10.2 Å². The zero-order chi connectivity index (χ0) is 13.1. The van der Waals surface area contributed by atoms with Gasteiger partial charge in [-0.1, -0.05) is 0 Å². The third-order valence-corrected chi connectivity index (χ3v) is 2.77. The lowest BCUT2D eigenvalue weighted by atomic mass is 10.3. The van der Waals surface area contributed by atoms with Gasteiger partial charge >= 0.3 is 0 Å². The highest BCUT2D eigenvalue weighted by Crippen LogP contribution is 2.16. The lowest BCUT2D eigenvalue weighted by molar-refractivity contribution is 0.475. The van der Waals surface area contributed by atoms with Crippen LogP contribution in [0.15, 0.2) is 24.3 Å². The predicted molar refractivity (Wildman–Crippen MR) is 70.6 cm³/mol. The monoisotopic (exact) mass is 246 g/mol. The van der Waals surface area contributed by atoms with Crippen molar-refractivity contribution in [2.24, 2.45) is 0 Å². The highest BCUT2D eigenvalue weighted by molar-refractivity contribution is 5.45. The van der Waals surface area contributed by atoms with Crippen molar-refractivity contribution >= 4 is 5.69 Å². The summed E-state index contributed by atoms with van der Waals surface area (Å²) >= 11 is 0. The van der Waals surface area contributed by atoms with Crippen LogP contribution in [0, 0.1) is 6.92 Å². The molecule has 1 heterocycles. The van der Waals surface area contributed by atoms with Gasteiger partial charge in [-0.3, -0.25) is 0 Å². The van der Waals surface area contributed by atoms with Gasteiger partial charge in [-0.2, -0.15) is 0 Å². The van der Waals surface area contributed by atoms with Gasteiger partial charge in [0.2, 0.25) is 0 Å². The number of hydrogen-bond acceptors (Lipinski definition) is 4. The zero-order valence-corrected chi connectivity index (χ0v) is 10.9. The first-order valence-electron chi connectivity index (χ1n) is 6.01. The van der Waals surface area contributed by atoms with Crippen LogP contribution in [0.25, 0.3) is 0 Å². The van der Waals surface area contributed by atoms with Crippen LogP contribution in [0.1, 0.15) is 31.5 Å². The first kappa shape index (κ1) is 12.4. The van der Waals surface area contributed by atoms with Crippen molar-refractivity contribution in [3.05, 3.63) is 35.9 Å². The lowest BCUT2D eigenvalue weighted by Crippen LogP contribution is -2.11. The Kier molecular flexibility index (Phi) is 3.50. The molecular weight excluding hydrogens is 228 g/mol. The number of nitrogens with zero attached hydrogens (tertiary/aromatic N) is 3. The molecule has 1 aromatic heterocycles. The molecule has 0 spiro atoms. The number of aryl methyl sites for hydroxylation is 1. The van der Waals surface area contributed by atoms with E-state index < -0.39 is 0 Å². The Hall–Kier alpha value is -2.04. The van der Waals surface area contributed by atoms with E-state index in [0.29, 0.717) is 12.6 Å². The van der Waals surface area contributed by atoms with Crippen LogP contribution in [-0.4, -0.2) is 19.9 Å². The van der Waals surface area contributed by atoms with Crippen LogP contribution in [0.4, 0.5) is 5.69 Å². The normalized spacial score (nSPS) is 10.9. The van der Waals surface area contributed by atoms with Crippen LogP contribution in [-0.2, 0) is 6.54 Å². The number of benzene rings is 1. The van der Waals surface area contributed by atoms with E-state index in [1.54, 1.807) is 12.1 Å². The molecule has 18 heavy (non-hydrogen) atoms. The molecule has 5 nitrogen and oxygen atoms in total. The minimum Gasteiger partial charge on any atom is -0.508 e. The van der Waals surface area contributed by atoms with E-state index in [4.69, 9.17) is 0 Å². The van der Waals surface area contributed by atoms with Crippen molar-refractivity contribution < 1.29 is 5.11 Å². The van der Waals surface area contributed by atoms with Crippen molar-refractivity contribution in [2.75, 3.05) is 5.32 Å². The highest BCUT2D eigenvalue weighted by atomic mass is 16.3. The summed E-state index contributed by atoms with van der Waals surface area (Å²) in [4.78, 5) is 0. The van der Waals surface area contributed by atoms with Gasteiger partial charge < -0.3 is 15.0 Å². The molecule has 0 aliphatic rings. The lowest BCUT2D eigenvalue weighted by Gasteiger charge is -2.13. The first-order valence-corrected chi connectivity index (χ1v) is 6.01. The Morgan fingerprint density at radius 3 is 2.50 bits per heavy atom. The molecule has 0 saturated carbocycles. The molecule has 0 fully saturated rings. The largest absolute Gasteiger partial charge is 0.508 e. The van der Waals surface area contributed by atoms with Crippen molar-refractivity contribution in [1.82, 2.24) is 14.8 Å². The maximum Gasteiger partial charge on any atom is 0.152 e. The molecular formula is C13H18N4O. The summed E-state index contributed by atoms with van der Waals surface area (Å²) in [6.45, 7) is 6.79. The third-order valence-electron chi connectivity index (χ3n) is 2.77. The minimum absolute atomic E-state index is 0.266. The molecule has 0 amide bonds. The summed E-state index contributed by atoms with van der Waals surface area (Å²) in [5, 5.41) is 20.7. The van der Waals surface area contributed by atoms with E-state index in [1.807, 2.05) is 19.1 Å². The summed E-state index contributed by atoms with van der Waals surface area (Å²) in [6, 6.07) is 7.31. The SMILES string of the molecule is Cc1nnc(CNc2ccc(O)cc2)n1C(C)C. The smallest absolute Gasteiger partial charge is 0.152 e. The molecule has 1 aromatic carbocycles. The van der Waals surface area contributed by atoms with Crippen molar-refractivity contribution in [3.63, 3.8) is 0 Å². The molecule has 0 atom stereocenters. The second-order valence-electron chi connectivity index (χ2n) is 4.53. The molecule has 0 unspecified atom stereocenters. The van der Waals surface area contributed by atoms with Gasteiger partial charge in [-0.05, 0) is 45.0 Å². The molecule has 0 saturated heterocycles. The number of rotatable bonds is 4. The number of phenols is 1. The van der Waals surface area contributed by atoms with E-state index in [-0.39, 0.29) is 5.75 Å². The maximum atomic E-state index is 9.21. The Labute approximate surface area is 106 Å². The first-order chi connectivity index (χ1) is 8.58. The molecule has 5 heteroatoms. The summed E-state index contributed by atoms with van der Waals surface area (Å²) in [5.41, 5.74) is 0.948. The molecule has 0 aliphatic heterocycles. The van der Waals surface area contributed by atoms with Crippen LogP contribution >= 0.6 is 0 Å². The van der Waals surface area contributed by atoms with E-state index in [1.165, 1.54) is 0 Å². The number of anilines is 1.